The molecule has 19 heavy (non-hydrogen) atoms. The van der Waals surface area contributed by atoms with Crippen molar-refractivity contribution in [2.24, 2.45) is 0 Å². The average Bonchev–Trinajstić information content (AvgIpc) is 2.43. The van der Waals surface area contributed by atoms with Crippen LogP contribution >= 0.6 is 12.2 Å². The van der Waals surface area contributed by atoms with Crippen molar-refractivity contribution in [1.29, 1.82) is 0 Å². The van der Waals surface area contributed by atoms with E-state index in [1.54, 1.807) is 0 Å². The van der Waals surface area contributed by atoms with Crippen LogP contribution < -0.4 is 10.6 Å². The first-order valence-corrected chi connectivity index (χ1v) is 6.77. The van der Waals surface area contributed by atoms with Gasteiger partial charge < -0.3 is 15.4 Å². The third-order valence-corrected chi connectivity index (χ3v) is 2.81. The van der Waals surface area contributed by atoms with Crippen molar-refractivity contribution in [2.45, 2.75) is 26.2 Å². The Balaban J connectivity index is 2.51. The molecule has 0 fully saturated rings. The molecule has 2 N–H and O–H groups in total. The second kappa shape index (κ2) is 8.48. The third-order valence-electron chi connectivity index (χ3n) is 2.57. The number of ether oxygens (including phenoxy) is 1. The summed E-state index contributed by atoms with van der Waals surface area (Å²) < 4.78 is 4.63. The number of carbonyl (C=O) groups is 1. The number of hydrogen-bond acceptors (Lipinski definition) is 3. The van der Waals surface area contributed by atoms with E-state index in [2.05, 4.69) is 22.3 Å². The molecule has 0 bridgehead atoms. The fraction of sp³-hybridized carbons (Fsp3) is 0.429. The molecule has 0 saturated heterocycles. The van der Waals surface area contributed by atoms with Crippen LogP contribution in [0, 0.1) is 0 Å². The van der Waals surface area contributed by atoms with Gasteiger partial charge in [0.2, 0.25) is 0 Å². The molecule has 4 nitrogen and oxygen atoms in total. The molecule has 1 aromatic carbocycles. The number of methoxy groups -OCH3 is 1. The molecule has 0 saturated carbocycles. The van der Waals surface area contributed by atoms with Crippen molar-refractivity contribution in [2.75, 3.05) is 19.0 Å². The average molecular weight is 280 g/mol. The largest absolute Gasteiger partial charge is 0.469 e. The van der Waals surface area contributed by atoms with Gasteiger partial charge in [0.15, 0.2) is 5.11 Å². The van der Waals surface area contributed by atoms with E-state index >= 15 is 0 Å². The number of rotatable bonds is 6. The number of aryl methyl sites for hydroxylation is 1. The standard InChI is InChI=1S/C14H20N2O2S/c1-3-9-15-14(19)16-12-6-4-5-11(10-12)7-8-13(17)18-2/h4-6,10H,3,7-9H2,1-2H3,(H2,15,16,19). The van der Waals surface area contributed by atoms with Crippen molar-refractivity contribution in [3.05, 3.63) is 29.8 Å². The van der Waals surface area contributed by atoms with E-state index < -0.39 is 0 Å². The lowest BCUT2D eigenvalue weighted by atomic mass is 10.1. The van der Waals surface area contributed by atoms with Gasteiger partial charge in [-0.3, -0.25) is 4.79 Å². The molecular weight excluding hydrogens is 260 g/mol. The van der Waals surface area contributed by atoms with E-state index in [0.29, 0.717) is 18.0 Å². The molecular formula is C14H20N2O2S. The fourth-order valence-electron chi connectivity index (χ4n) is 1.57. The normalized spacial score (nSPS) is 9.79. The molecule has 1 aromatic rings. The minimum Gasteiger partial charge on any atom is -0.469 e. The predicted octanol–water partition coefficient (Wildman–Crippen LogP) is 2.49. The van der Waals surface area contributed by atoms with E-state index in [1.807, 2.05) is 24.3 Å². The van der Waals surface area contributed by atoms with Crippen LogP contribution in [0.4, 0.5) is 5.69 Å². The Labute approximate surface area is 119 Å². The van der Waals surface area contributed by atoms with Gasteiger partial charge in [-0.15, -0.1) is 0 Å². The second-order valence-electron chi connectivity index (χ2n) is 4.16. The van der Waals surface area contributed by atoms with Gasteiger partial charge in [0.05, 0.1) is 7.11 Å². The van der Waals surface area contributed by atoms with Gasteiger partial charge in [0.25, 0.3) is 0 Å². The topological polar surface area (TPSA) is 50.4 Å². The maximum atomic E-state index is 11.1. The molecule has 0 aliphatic carbocycles. The molecule has 0 radical (unpaired) electrons. The Hall–Kier alpha value is -1.62. The molecule has 0 spiro atoms. The number of carbonyl (C=O) groups excluding carboxylic acids is 1. The summed E-state index contributed by atoms with van der Waals surface area (Å²) in [5, 5.41) is 6.85. The van der Waals surface area contributed by atoms with Crippen LogP contribution in [0.25, 0.3) is 0 Å². The van der Waals surface area contributed by atoms with Gasteiger partial charge >= 0.3 is 5.97 Å². The number of thiocarbonyl (C=S) groups is 1. The first-order valence-electron chi connectivity index (χ1n) is 6.36. The molecule has 0 aromatic heterocycles. The number of hydrogen-bond donors (Lipinski definition) is 2. The zero-order chi connectivity index (χ0) is 14.1. The van der Waals surface area contributed by atoms with Crippen LogP contribution in [0.1, 0.15) is 25.3 Å². The zero-order valence-electron chi connectivity index (χ0n) is 11.4. The summed E-state index contributed by atoms with van der Waals surface area (Å²) in [6.45, 7) is 2.94. The number of esters is 1. The highest BCUT2D eigenvalue weighted by atomic mass is 32.1. The van der Waals surface area contributed by atoms with Crippen molar-refractivity contribution >= 4 is 29.0 Å². The van der Waals surface area contributed by atoms with E-state index in [0.717, 1.165) is 24.2 Å². The summed E-state index contributed by atoms with van der Waals surface area (Å²) >= 11 is 5.17. The smallest absolute Gasteiger partial charge is 0.305 e. The molecule has 104 valence electrons. The number of nitrogens with one attached hydrogen (secondary N) is 2. The monoisotopic (exact) mass is 280 g/mol. The van der Waals surface area contributed by atoms with Gasteiger partial charge in [0.1, 0.15) is 0 Å². The molecule has 0 amide bonds. The van der Waals surface area contributed by atoms with E-state index in [9.17, 15) is 4.79 Å². The summed E-state index contributed by atoms with van der Waals surface area (Å²) in [5.41, 5.74) is 2.00. The summed E-state index contributed by atoms with van der Waals surface area (Å²) in [4.78, 5) is 11.1. The lowest BCUT2D eigenvalue weighted by molar-refractivity contribution is -0.140. The zero-order valence-corrected chi connectivity index (χ0v) is 12.2. The first kappa shape index (κ1) is 15.4. The quantitative estimate of drug-likeness (QED) is 0.619. The highest BCUT2D eigenvalue weighted by Gasteiger charge is 2.03. The van der Waals surface area contributed by atoms with Crippen molar-refractivity contribution in [3.63, 3.8) is 0 Å². The van der Waals surface area contributed by atoms with E-state index in [4.69, 9.17) is 12.2 Å². The van der Waals surface area contributed by atoms with Crippen molar-refractivity contribution < 1.29 is 9.53 Å². The Morgan fingerprint density at radius 1 is 1.42 bits per heavy atom. The SMILES string of the molecule is CCCNC(=S)Nc1cccc(CCC(=O)OC)c1. The van der Waals surface area contributed by atoms with Crippen LogP contribution in [0.5, 0.6) is 0 Å². The van der Waals surface area contributed by atoms with Gasteiger partial charge in [-0.1, -0.05) is 19.1 Å². The Kier molecular flexibility index (Phi) is 6.89. The maximum absolute atomic E-state index is 11.1. The van der Waals surface area contributed by atoms with E-state index in [1.165, 1.54) is 7.11 Å². The van der Waals surface area contributed by atoms with Crippen LogP contribution in [-0.2, 0) is 16.0 Å². The molecule has 0 unspecified atom stereocenters. The third kappa shape index (κ3) is 6.20. The highest BCUT2D eigenvalue weighted by molar-refractivity contribution is 7.80. The minimum atomic E-state index is -0.196. The molecule has 1 rings (SSSR count). The Morgan fingerprint density at radius 3 is 2.89 bits per heavy atom. The maximum Gasteiger partial charge on any atom is 0.305 e. The number of anilines is 1. The Bertz CT molecular complexity index is 435. The van der Waals surface area contributed by atoms with Crippen LogP contribution in [0.3, 0.4) is 0 Å². The van der Waals surface area contributed by atoms with E-state index in [-0.39, 0.29) is 5.97 Å². The van der Waals surface area contributed by atoms with Gasteiger partial charge in [-0.25, -0.2) is 0 Å². The highest BCUT2D eigenvalue weighted by Crippen LogP contribution is 2.12. The minimum absolute atomic E-state index is 0.196. The van der Waals surface area contributed by atoms with Crippen LogP contribution in [-0.4, -0.2) is 24.7 Å². The summed E-state index contributed by atoms with van der Waals surface area (Å²) in [7, 11) is 1.40. The number of benzene rings is 1. The first-order chi connectivity index (χ1) is 9.15. The van der Waals surface area contributed by atoms with Crippen LogP contribution in [0.2, 0.25) is 0 Å². The van der Waals surface area contributed by atoms with Crippen molar-refractivity contribution in [1.82, 2.24) is 5.32 Å². The second-order valence-corrected chi connectivity index (χ2v) is 4.57. The summed E-state index contributed by atoms with van der Waals surface area (Å²) in [6, 6.07) is 7.86. The van der Waals surface area contributed by atoms with Gasteiger partial charge in [-0.2, -0.15) is 0 Å². The summed E-state index contributed by atoms with van der Waals surface area (Å²) in [5.74, 6) is -0.196. The molecule has 0 aliphatic heterocycles. The molecule has 0 heterocycles. The molecule has 0 aliphatic rings. The molecule has 0 atom stereocenters. The summed E-state index contributed by atoms with van der Waals surface area (Å²) in [6.07, 6.45) is 2.08. The van der Waals surface area contributed by atoms with Gasteiger partial charge in [0, 0.05) is 18.7 Å². The fourth-order valence-corrected chi connectivity index (χ4v) is 1.79. The molecule has 5 heteroatoms. The lowest BCUT2D eigenvalue weighted by Gasteiger charge is -2.10. The van der Waals surface area contributed by atoms with Crippen LogP contribution in [0.15, 0.2) is 24.3 Å². The Morgan fingerprint density at radius 2 is 2.21 bits per heavy atom. The lowest BCUT2D eigenvalue weighted by Crippen LogP contribution is -2.28. The predicted molar refractivity (Wildman–Crippen MR) is 81.3 cm³/mol. The van der Waals surface area contributed by atoms with Crippen molar-refractivity contribution in [3.8, 4) is 0 Å². The van der Waals surface area contributed by atoms with Gasteiger partial charge in [-0.05, 0) is 42.8 Å².